The summed E-state index contributed by atoms with van der Waals surface area (Å²) in [5.41, 5.74) is 1.64. The number of fused-ring (bicyclic) bond motifs is 1. The van der Waals surface area contributed by atoms with Crippen molar-refractivity contribution in [3.05, 3.63) is 133 Å². The number of aromatic nitrogens is 1. The highest BCUT2D eigenvalue weighted by Crippen LogP contribution is 2.40. The Balaban J connectivity index is 0.927. The van der Waals surface area contributed by atoms with Crippen molar-refractivity contribution in [1.29, 1.82) is 0 Å². The van der Waals surface area contributed by atoms with Crippen LogP contribution in [-0.2, 0) is 58.9 Å². The minimum absolute atomic E-state index is 0.0291. The van der Waals surface area contributed by atoms with Gasteiger partial charge in [0, 0.05) is 36.3 Å². The van der Waals surface area contributed by atoms with Gasteiger partial charge in [0.2, 0.25) is 6.79 Å². The van der Waals surface area contributed by atoms with E-state index in [-0.39, 0.29) is 92.8 Å². The zero-order valence-corrected chi connectivity index (χ0v) is 43.7. The third-order valence-corrected chi connectivity index (χ3v) is 14.0. The SMILES string of the molecule is C=CC(=O)COCOc1ccc(OC(=O)C2CCC(C(=O)Oc3ccc(CCOC(=O)C4CCC(C(=O)Oc5ccc(OCOC(=O)C=C)cc5)CC4)c4sc(-c5ccc([N+](=O)[O-])cc5)nc34)CC2)cc1OCOCC(=O)C=C. The zero-order chi connectivity index (χ0) is 56.3. The summed E-state index contributed by atoms with van der Waals surface area (Å²) in [5.74, 6) is -3.77. The van der Waals surface area contributed by atoms with Gasteiger partial charge in [-0.15, -0.1) is 11.3 Å². The fraction of sp³-hybridized carbons (Fsp3) is 0.333. The molecule has 0 radical (unpaired) electrons. The molecule has 1 heterocycles. The molecule has 0 aliphatic heterocycles. The summed E-state index contributed by atoms with van der Waals surface area (Å²) in [5, 5.41) is 11.9. The summed E-state index contributed by atoms with van der Waals surface area (Å²) in [6.45, 7) is 8.63. The lowest BCUT2D eigenvalue weighted by Crippen LogP contribution is -2.30. The highest BCUT2D eigenvalue weighted by Gasteiger charge is 2.34. The summed E-state index contributed by atoms with van der Waals surface area (Å²) >= 11 is 1.29. The number of nitro groups is 1. The predicted octanol–water partition coefficient (Wildman–Crippen LogP) is 8.97. The number of non-ortho nitro benzene ring substituents is 1. The van der Waals surface area contributed by atoms with Crippen molar-refractivity contribution in [3.63, 3.8) is 0 Å². The number of hydrogen-bond acceptors (Lipinski definition) is 21. The molecule has 2 fully saturated rings. The van der Waals surface area contributed by atoms with E-state index in [9.17, 15) is 43.7 Å². The lowest BCUT2D eigenvalue weighted by molar-refractivity contribution is -0.384. The van der Waals surface area contributed by atoms with E-state index in [1.165, 1.54) is 41.7 Å². The first-order chi connectivity index (χ1) is 38.2. The van der Waals surface area contributed by atoms with Crippen LogP contribution >= 0.6 is 11.3 Å². The predicted molar refractivity (Wildman–Crippen MR) is 282 cm³/mol. The number of hydrogen-bond donors (Lipinski definition) is 0. The largest absolute Gasteiger partial charge is 0.465 e. The van der Waals surface area contributed by atoms with Gasteiger partial charge in [-0.25, -0.2) is 9.78 Å². The molecule has 2 aliphatic rings. The number of rotatable bonds is 28. The summed E-state index contributed by atoms with van der Waals surface area (Å²) in [7, 11) is 0. The van der Waals surface area contributed by atoms with Gasteiger partial charge in [-0.3, -0.25) is 38.9 Å². The fourth-order valence-corrected chi connectivity index (χ4v) is 9.61. The number of esters is 5. The minimum atomic E-state index is -0.624. The Kier molecular flexibility index (Phi) is 21.1. The molecule has 22 heteroatoms. The maximum atomic E-state index is 13.8. The molecule has 4 aromatic carbocycles. The van der Waals surface area contributed by atoms with Gasteiger partial charge in [-0.05, 0) is 124 Å². The van der Waals surface area contributed by atoms with Crippen LogP contribution in [0.3, 0.4) is 0 Å². The van der Waals surface area contributed by atoms with E-state index < -0.39 is 52.5 Å². The standard InChI is InChI=1S/C57H56N2O19S/c1-4-42(60)30-69-32-73-47-26-24-46(29-49(47)74-33-70-31-43(61)5-2)77-56(65)39-11-13-40(14-12-39)57(66)78-48-25-17-35(52-51(48)58-53(79-52)36-15-18-41(19-16-36)59(67)68)27-28-71-54(63)37-7-9-38(10-8-37)55(64)76-45-22-20-44(21-23-45)72-34-75-50(62)6-3/h4-6,15-26,29,37-40H,1-3,7-14,27-28,30-34H2. The van der Waals surface area contributed by atoms with Crippen LogP contribution in [0, 0.1) is 33.8 Å². The molecule has 0 saturated heterocycles. The van der Waals surface area contributed by atoms with Crippen LogP contribution in [-0.4, -0.2) is 91.5 Å². The molecule has 1 aromatic heterocycles. The number of thiazole rings is 1. The van der Waals surface area contributed by atoms with Crippen molar-refractivity contribution >= 4 is 68.7 Å². The van der Waals surface area contributed by atoms with Gasteiger partial charge >= 0.3 is 29.8 Å². The summed E-state index contributed by atoms with van der Waals surface area (Å²) in [6.07, 6.45) is 6.55. The Hall–Kier alpha value is -8.60. The average Bonchev–Trinajstić information content (AvgIpc) is 4.09. The normalized spacial score (nSPS) is 16.8. The molecule has 5 aromatic rings. The number of carbonyl (C=O) groups excluding carboxylic acids is 7. The highest BCUT2D eigenvalue weighted by molar-refractivity contribution is 7.21. The Morgan fingerprint density at radius 3 is 1.66 bits per heavy atom. The van der Waals surface area contributed by atoms with E-state index in [1.807, 2.05) is 0 Å². The first-order valence-corrected chi connectivity index (χ1v) is 25.9. The molecule has 0 bridgehead atoms. The maximum Gasteiger partial charge on any atom is 0.333 e. The summed E-state index contributed by atoms with van der Waals surface area (Å²) in [6, 6.07) is 19.9. The van der Waals surface area contributed by atoms with Crippen molar-refractivity contribution in [2.24, 2.45) is 23.7 Å². The van der Waals surface area contributed by atoms with E-state index in [2.05, 4.69) is 19.7 Å². The molecule has 0 N–H and O–H groups in total. The average molecular weight is 1110 g/mol. The van der Waals surface area contributed by atoms with Gasteiger partial charge in [-0.2, -0.15) is 0 Å². The molecule has 2 aliphatic carbocycles. The number of nitrogens with zero attached hydrogens (tertiary/aromatic N) is 2. The van der Waals surface area contributed by atoms with E-state index in [1.54, 1.807) is 48.5 Å². The number of benzene rings is 4. The van der Waals surface area contributed by atoms with Crippen LogP contribution in [0.4, 0.5) is 5.69 Å². The number of ether oxygens (including phenoxy) is 10. The van der Waals surface area contributed by atoms with Crippen LogP contribution in [0.25, 0.3) is 20.8 Å². The van der Waals surface area contributed by atoms with Crippen LogP contribution in [0.2, 0.25) is 0 Å². The quantitative estimate of drug-likeness (QED) is 0.00859. The topological polar surface area (TPSA) is 268 Å². The molecule has 0 unspecified atom stereocenters. The second-order valence-corrected chi connectivity index (χ2v) is 19.1. The Labute approximate surface area is 457 Å². The van der Waals surface area contributed by atoms with Crippen LogP contribution in [0.5, 0.6) is 34.5 Å². The zero-order valence-electron chi connectivity index (χ0n) is 42.8. The molecule has 2 saturated carbocycles. The van der Waals surface area contributed by atoms with Crippen LogP contribution in [0.1, 0.15) is 56.9 Å². The summed E-state index contributed by atoms with van der Waals surface area (Å²) in [4.78, 5) is 104. The van der Waals surface area contributed by atoms with Gasteiger partial charge in [0.1, 0.15) is 41.0 Å². The number of carbonyl (C=O) groups is 7. The van der Waals surface area contributed by atoms with Crippen molar-refractivity contribution in [1.82, 2.24) is 4.98 Å². The van der Waals surface area contributed by atoms with Crippen LogP contribution < -0.4 is 28.4 Å². The highest BCUT2D eigenvalue weighted by atomic mass is 32.1. The van der Waals surface area contributed by atoms with E-state index in [0.717, 1.165) is 23.8 Å². The smallest absolute Gasteiger partial charge is 0.333 e. The van der Waals surface area contributed by atoms with E-state index in [0.29, 0.717) is 83.7 Å². The molecule has 414 valence electrons. The molecule has 0 amide bonds. The van der Waals surface area contributed by atoms with Gasteiger partial charge in [0.15, 0.2) is 42.4 Å². The molecule has 0 spiro atoms. The second-order valence-electron chi connectivity index (χ2n) is 18.1. The minimum Gasteiger partial charge on any atom is -0.465 e. The van der Waals surface area contributed by atoms with Crippen molar-refractivity contribution in [2.45, 2.75) is 57.8 Å². The first kappa shape index (κ1) is 58.1. The van der Waals surface area contributed by atoms with Gasteiger partial charge in [-0.1, -0.05) is 25.8 Å². The molecule has 0 atom stereocenters. The molecular formula is C57H56N2O19S. The number of nitro benzene ring substituents is 1. The van der Waals surface area contributed by atoms with Crippen molar-refractivity contribution in [2.75, 3.05) is 40.2 Å². The Morgan fingerprint density at radius 2 is 1.09 bits per heavy atom. The molecular weight excluding hydrogens is 1050 g/mol. The van der Waals surface area contributed by atoms with E-state index >= 15 is 0 Å². The van der Waals surface area contributed by atoms with E-state index in [4.69, 9.17) is 52.4 Å². The molecule has 21 nitrogen and oxygen atoms in total. The van der Waals surface area contributed by atoms with Crippen LogP contribution in [0.15, 0.2) is 117 Å². The Bertz CT molecular complexity index is 3040. The maximum absolute atomic E-state index is 13.8. The lowest BCUT2D eigenvalue weighted by Gasteiger charge is -2.26. The number of ketones is 2. The fourth-order valence-electron chi connectivity index (χ4n) is 8.48. The lowest BCUT2D eigenvalue weighted by atomic mass is 9.82. The third-order valence-electron chi connectivity index (χ3n) is 12.8. The summed E-state index contributed by atoms with van der Waals surface area (Å²) < 4.78 is 55.6. The van der Waals surface area contributed by atoms with Crippen molar-refractivity contribution in [3.8, 4) is 45.1 Å². The first-order valence-electron chi connectivity index (χ1n) is 25.1. The Morgan fingerprint density at radius 1 is 0.570 bits per heavy atom. The second kappa shape index (κ2) is 28.7. The molecule has 79 heavy (non-hydrogen) atoms. The van der Waals surface area contributed by atoms with Crippen molar-refractivity contribution < 1.29 is 85.9 Å². The van der Waals surface area contributed by atoms with Gasteiger partial charge in [0.05, 0.1) is 39.9 Å². The molecule has 7 rings (SSSR count). The van der Waals surface area contributed by atoms with Gasteiger partial charge in [0.25, 0.3) is 5.69 Å². The monoisotopic (exact) mass is 1100 g/mol. The third kappa shape index (κ3) is 16.7. The van der Waals surface area contributed by atoms with Gasteiger partial charge < -0.3 is 47.4 Å².